The highest BCUT2D eigenvalue weighted by Crippen LogP contribution is 2.36. The lowest BCUT2D eigenvalue weighted by Gasteiger charge is -2.17. The highest BCUT2D eigenvalue weighted by Gasteiger charge is 2.46. The number of hydrogen-bond acceptors (Lipinski definition) is 5. The van der Waals surface area contributed by atoms with Crippen LogP contribution in [0.2, 0.25) is 0 Å². The van der Waals surface area contributed by atoms with Crippen molar-refractivity contribution in [3.8, 4) is 17.6 Å². The van der Waals surface area contributed by atoms with Crippen molar-refractivity contribution in [2.75, 3.05) is 25.0 Å². The van der Waals surface area contributed by atoms with Crippen LogP contribution in [0.25, 0.3) is 11.0 Å². The molecule has 2 fully saturated rings. The molecule has 2 N–H and O–H groups in total. The van der Waals surface area contributed by atoms with Crippen molar-refractivity contribution in [1.29, 1.82) is 0 Å². The molecule has 3 heterocycles. The number of H-pyrrole nitrogens is 1. The van der Waals surface area contributed by atoms with E-state index in [0.717, 1.165) is 11.8 Å². The number of nitrogens with one attached hydrogen (secondary N) is 2. The molecule has 164 valence electrons. The highest BCUT2D eigenvalue weighted by atomic mass is 19.1. The average Bonchev–Trinajstić information content (AvgIpc) is 3.16. The fourth-order valence-electron chi connectivity index (χ4n) is 3.85. The maximum Gasteiger partial charge on any atom is 0.228 e. The second-order valence-corrected chi connectivity index (χ2v) is 7.96. The predicted octanol–water partition coefficient (Wildman–Crippen LogP) is 2.90. The number of nitrogens with zero attached hydrogens (tertiary/aromatic N) is 3. The Morgan fingerprint density at radius 1 is 1.34 bits per heavy atom. The Kier molecular flexibility index (Phi) is 5.35. The summed E-state index contributed by atoms with van der Waals surface area (Å²) in [7, 11) is 0. The first kappa shape index (κ1) is 20.2. The largest absolute Gasteiger partial charge is 0.478 e. The Hall–Kier alpha value is -3.67. The van der Waals surface area contributed by atoms with Crippen LogP contribution >= 0.6 is 0 Å². The normalized spacial score (nSPS) is 21.8. The van der Waals surface area contributed by atoms with E-state index in [1.807, 2.05) is 6.07 Å². The molecule has 1 saturated heterocycles. The van der Waals surface area contributed by atoms with Crippen molar-refractivity contribution in [2.45, 2.75) is 25.1 Å². The Bertz CT molecular complexity index is 1220. The van der Waals surface area contributed by atoms with Gasteiger partial charge in [-0.15, -0.1) is 0 Å². The summed E-state index contributed by atoms with van der Waals surface area (Å²) in [6.45, 7) is 1.18. The van der Waals surface area contributed by atoms with E-state index in [1.54, 1.807) is 23.1 Å². The molecule has 7 nitrogen and oxygen atoms in total. The third-order valence-electron chi connectivity index (χ3n) is 5.66. The third-order valence-corrected chi connectivity index (χ3v) is 5.66. The van der Waals surface area contributed by atoms with Crippen LogP contribution in [0, 0.1) is 23.6 Å². The summed E-state index contributed by atoms with van der Waals surface area (Å²) in [5.41, 5.74) is 1.26. The first-order valence-corrected chi connectivity index (χ1v) is 10.5. The molecule has 0 bridgehead atoms. The van der Waals surface area contributed by atoms with E-state index in [4.69, 9.17) is 4.74 Å². The predicted molar refractivity (Wildman–Crippen MR) is 114 cm³/mol. The number of fused-ring (bicyclic) bond motifs is 1. The van der Waals surface area contributed by atoms with Crippen LogP contribution in [0.1, 0.15) is 18.5 Å². The standard InChI is InChI=1S/C23H21F2N5O2/c24-18-5-1-2-6-20(18)32-9-3-4-14-10-17-21(28-14)26-13-27-22(17)29-15-7-8-30(12-15)23(31)16-11-19(16)25/h1-2,5-6,10,13,15-16,19H,7-9,11-12H2,(H2,26,27,28,29)/t15-,16?,19-/m1/s1. The van der Waals surface area contributed by atoms with Crippen molar-refractivity contribution in [3.63, 3.8) is 0 Å². The molecule has 0 spiro atoms. The number of hydrogen-bond donors (Lipinski definition) is 2. The number of aromatic amines is 1. The van der Waals surface area contributed by atoms with Crippen LogP contribution in [-0.2, 0) is 4.79 Å². The number of ether oxygens (including phenoxy) is 1. The quantitative estimate of drug-likeness (QED) is 0.600. The van der Waals surface area contributed by atoms with Gasteiger partial charge in [-0.25, -0.2) is 18.7 Å². The van der Waals surface area contributed by atoms with Gasteiger partial charge in [-0.05, 0) is 37.0 Å². The van der Waals surface area contributed by atoms with Gasteiger partial charge in [0.25, 0.3) is 0 Å². The van der Waals surface area contributed by atoms with Gasteiger partial charge in [0.05, 0.1) is 17.0 Å². The third kappa shape index (κ3) is 4.21. The summed E-state index contributed by atoms with van der Waals surface area (Å²) in [5.74, 6) is 5.64. The van der Waals surface area contributed by atoms with Crippen LogP contribution in [-0.4, -0.2) is 57.7 Å². The lowest BCUT2D eigenvalue weighted by molar-refractivity contribution is -0.131. The number of aromatic nitrogens is 3. The van der Waals surface area contributed by atoms with Gasteiger partial charge in [-0.1, -0.05) is 18.1 Å². The lowest BCUT2D eigenvalue weighted by atomic mass is 10.2. The smallest absolute Gasteiger partial charge is 0.228 e. The first-order valence-electron chi connectivity index (χ1n) is 10.5. The summed E-state index contributed by atoms with van der Waals surface area (Å²) >= 11 is 0. The van der Waals surface area contributed by atoms with E-state index >= 15 is 0 Å². The molecule has 1 saturated carbocycles. The Labute approximate surface area is 183 Å². The van der Waals surface area contributed by atoms with E-state index in [-0.39, 0.29) is 24.3 Å². The van der Waals surface area contributed by atoms with Gasteiger partial charge in [0.1, 0.15) is 30.6 Å². The first-order chi connectivity index (χ1) is 15.6. The molecule has 1 aromatic carbocycles. The summed E-state index contributed by atoms with van der Waals surface area (Å²) in [6.07, 6.45) is 1.59. The summed E-state index contributed by atoms with van der Waals surface area (Å²) in [6, 6.07) is 8.04. The maximum absolute atomic E-state index is 13.6. The van der Waals surface area contributed by atoms with Gasteiger partial charge in [-0.2, -0.15) is 0 Å². The molecule has 1 aliphatic heterocycles. The molecule has 2 aromatic heterocycles. The molecule has 0 radical (unpaired) electrons. The molecule has 32 heavy (non-hydrogen) atoms. The fourth-order valence-corrected chi connectivity index (χ4v) is 3.85. The molecule has 9 heteroatoms. The Morgan fingerprint density at radius 2 is 2.19 bits per heavy atom. The second-order valence-electron chi connectivity index (χ2n) is 7.96. The van der Waals surface area contributed by atoms with Gasteiger partial charge in [0.15, 0.2) is 11.6 Å². The van der Waals surface area contributed by atoms with Crippen molar-refractivity contribution in [2.24, 2.45) is 5.92 Å². The van der Waals surface area contributed by atoms with E-state index < -0.39 is 17.9 Å². The van der Waals surface area contributed by atoms with E-state index in [2.05, 4.69) is 32.1 Å². The molecule has 1 aliphatic carbocycles. The van der Waals surface area contributed by atoms with Crippen molar-refractivity contribution in [3.05, 3.63) is 48.2 Å². The maximum atomic E-state index is 13.6. The van der Waals surface area contributed by atoms with Crippen LogP contribution in [0.4, 0.5) is 14.6 Å². The summed E-state index contributed by atoms with van der Waals surface area (Å²) < 4.78 is 32.1. The monoisotopic (exact) mass is 437 g/mol. The zero-order valence-corrected chi connectivity index (χ0v) is 17.1. The Balaban J connectivity index is 1.23. The molecule has 1 amide bonds. The number of para-hydroxylation sites is 1. The van der Waals surface area contributed by atoms with Gasteiger partial charge < -0.3 is 19.9 Å². The molecule has 2 aliphatic rings. The number of carbonyl (C=O) groups excluding carboxylic acids is 1. The van der Waals surface area contributed by atoms with Crippen molar-refractivity contribution in [1.82, 2.24) is 19.9 Å². The molecular formula is C23H21F2N5O2. The molecule has 1 unspecified atom stereocenters. The van der Waals surface area contributed by atoms with Crippen LogP contribution < -0.4 is 10.1 Å². The zero-order valence-electron chi connectivity index (χ0n) is 17.1. The number of amides is 1. The van der Waals surface area contributed by atoms with Crippen molar-refractivity contribution < 1.29 is 18.3 Å². The summed E-state index contributed by atoms with van der Waals surface area (Å²) in [4.78, 5) is 25.7. The van der Waals surface area contributed by atoms with Crippen LogP contribution in [0.5, 0.6) is 5.75 Å². The molecular weight excluding hydrogens is 416 g/mol. The number of carbonyl (C=O) groups is 1. The Morgan fingerprint density at radius 3 is 3.00 bits per heavy atom. The summed E-state index contributed by atoms with van der Waals surface area (Å²) in [5, 5.41) is 4.15. The molecule has 3 atom stereocenters. The van der Waals surface area contributed by atoms with Crippen LogP contribution in [0.3, 0.4) is 0 Å². The zero-order chi connectivity index (χ0) is 22.1. The van der Waals surface area contributed by atoms with Crippen molar-refractivity contribution >= 4 is 22.8 Å². The van der Waals surface area contributed by atoms with E-state index in [0.29, 0.717) is 36.7 Å². The van der Waals surface area contributed by atoms with Gasteiger partial charge in [0.2, 0.25) is 5.91 Å². The average molecular weight is 437 g/mol. The number of rotatable bonds is 5. The number of benzene rings is 1. The number of likely N-dealkylation sites (tertiary alicyclic amines) is 1. The molecule has 3 aromatic rings. The number of alkyl halides is 1. The SMILES string of the molecule is O=C(C1C[C@H]1F)N1CC[C@@H](Nc2ncnc3[nH]c(C#CCOc4ccccc4F)cc23)C1. The lowest BCUT2D eigenvalue weighted by Crippen LogP contribution is -2.33. The second kappa shape index (κ2) is 8.46. The van der Waals surface area contributed by atoms with E-state index in [1.165, 1.54) is 12.4 Å². The van der Waals surface area contributed by atoms with E-state index in [9.17, 15) is 13.6 Å². The minimum Gasteiger partial charge on any atom is -0.478 e. The minimum absolute atomic E-state index is 0.0347. The molecule has 5 rings (SSSR count). The number of anilines is 1. The van der Waals surface area contributed by atoms with Gasteiger partial charge in [0, 0.05) is 19.1 Å². The highest BCUT2D eigenvalue weighted by molar-refractivity contribution is 5.88. The van der Waals surface area contributed by atoms with Gasteiger partial charge in [-0.3, -0.25) is 4.79 Å². The topological polar surface area (TPSA) is 83.1 Å². The van der Waals surface area contributed by atoms with Gasteiger partial charge >= 0.3 is 0 Å². The minimum atomic E-state index is -0.979. The number of halogens is 2. The fraction of sp³-hybridized carbons (Fsp3) is 0.348. The van der Waals surface area contributed by atoms with Crippen LogP contribution in [0.15, 0.2) is 36.7 Å².